The van der Waals surface area contributed by atoms with Crippen molar-refractivity contribution < 1.29 is 13.9 Å². The molecule has 0 unspecified atom stereocenters. The van der Waals surface area contributed by atoms with Crippen LogP contribution in [0.5, 0.6) is 0 Å². The van der Waals surface area contributed by atoms with Crippen molar-refractivity contribution in [2.75, 3.05) is 38.2 Å². The molecule has 1 amide bonds. The van der Waals surface area contributed by atoms with Gasteiger partial charge in [-0.05, 0) is 42.0 Å². The first-order chi connectivity index (χ1) is 11.7. The van der Waals surface area contributed by atoms with E-state index in [2.05, 4.69) is 4.90 Å². The van der Waals surface area contributed by atoms with Gasteiger partial charge in [-0.2, -0.15) is 0 Å². The van der Waals surface area contributed by atoms with Gasteiger partial charge in [0.05, 0.1) is 6.61 Å². The van der Waals surface area contributed by atoms with E-state index >= 15 is 0 Å². The van der Waals surface area contributed by atoms with Crippen LogP contribution in [0.3, 0.4) is 0 Å². The Morgan fingerprint density at radius 3 is 2.21 bits per heavy atom. The van der Waals surface area contributed by atoms with Crippen molar-refractivity contribution >= 4 is 11.6 Å². The van der Waals surface area contributed by atoms with Crippen LogP contribution < -0.4 is 4.90 Å². The summed E-state index contributed by atoms with van der Waals surface area (Å²) in [5.74, 6) is -0.179. The minimum absolute atomic E-state index is 0.0534. The van der Waals surface area contributed by atoms with Gasteiger partial charge < -0.3 is 14.5 Å². The standard InChI is InChI=1S/C19H21FN2O2/c1-24-14-15-2-4-16(5-3-15)19(23)22-12-10-21(11-13-22)18-8-6-17(20)7-9-18/h2-9H,10-14H2,1H3. The van der Waals surface area contributed by atoms with Crippen LogP contribution in [0, 0.1) is 5.82 Å². The summed E-state index contributed by atoms with van der Waals surface area (Å²) >= 11 is 0. The molecule has 1 heterocycles. The maximum atomic E-state index is 13.0. The van der Waals surface area contributed by atoms with E-state index in [0.717, 1.165) is 24.3 Å². The van der Waals surface area contributed by atoms with Crippen molar-refractivity contribution in [2.24, 2.45) is 0 Å². The van der Waals surface area contributed by atoms with Crippen LogP contribution in [0.2, 0.25) is 0 Å². The summed E-state index contributed by atoms with van der Waals surface area (Å²) in [6.45, 7) is 3.37. The average Bonchev–Trinajstić information content (AvgIpc) is 2.63. The highest BCUT2D eigenvalue weighted by Gasteiger charge is 2.22. The lowest BCUT2D eigenvalue weighted by Gasteiger charge is -2.36. The number of anilines is 1. The first-order valence-corrected chi connectivity index (χ1v) is 8.05. The Bertz CT molecular complexity index is 678. The molecule has 0 radical (unpaired) electrons. The lowest BCUT2D eigenvalue weighted by Crippen LogP contribution is -2.48. The van der Waals surface area contributed by atoms with E-state index in [1.165, 1.54) is 12.1 Å². The highest BCUT2D eigenvalue weighted by Crippen LogP contribution is 2.18. The number of amides is 1. The van der Waals surface area contributed by atoms with Crippen LogP contribution in [0.1, 0.15) is 15.9 Å². The van der Waals surface area contributed by atoms with Crippen molar-refractivity contribution in [1.29, 1.82) is 0 Å². The first-order valence-electron chi connectivity index (χ1n) is 8.05. The fourth-order valence-electron chi connectivity index (χ4n) is 2.91. The Kier molecular flexibility index (Phi) is 5.11. The van der Waals surface area contributed by atoms with Crippen LogP contribution in [0.4, 0.5) is 10.1 Å². The Morgan fingerprint density at radius 1 is 1.00 bits per heavy atom. The summed E-state index contributed by atoms with van der Waals surface area (Å²) in [6, 6.07) is 14.0. The fourth-order valence-corrected chi connectivity index (χ4v) is 2.91. The SMILES string of the molecule is COCc1ccc(C(=O)N2CCN(c3ccc(F)cc3)CC2)cc1. The van der Waals surface area contributed by atoms with E-state index in [0.29, 0.717) is 25.3 Å². The van der Waals surface area contributed by atoms with Gasteiger partial charge in [0, 0.05) is 44.5 Å². The molecule has 2 aromatic rings. The summed E-state index contributed by atoms with van der Waals surface area (Å²) in [6.07, 6.45) is 0. The third kappa shape index (κ3) is 3.74. The molecule has 1 aliphatic rings. The number of halogens is 1. The molecule has 126 valence electrons. The molecular weight excluding hydrogens is 307 g/mol. The lowest BCUT2D eigenvalue weighted by molar-refractivity contribution is 0.0746. The molecule has 5 heteroatoms. The quantitative estimate of drug-likeness (QED) is 0.865. The van der Waals surface area contributed by atoms with E-state index in [1.54, 1.807) is 19.2 Å². The minimum Gasteiger partial charge on any atom is -0.380 e. The molecule has 1 aliphatic heterocycles. The normalized spacial score (nSPS) is 14.8. The summed E-state index contributed by atoms with van der Waals surface area (Å²) in [5.41, 5.74) is 2.74. The van der Waals surface area contributed by atoms with E-state index in [9.17, 15) is 9.18 Å². The largest absolute Gasteiger partial charge is 0.380 e. The van der Waals surface area contributed by atoms with Gasteiger partial charge in [-0.25, -0.2) is 4.39 Å². The molecule has 24 heavy (non-hydrogen) atoms. The second kappa shape index (κ2) is 7.45. The molecule has 0 bridgehead atoms. The number of hydrogen-bond donors (Lipinski definition) is 0. The maximum absolute atomic E-state index is 13.0. The number of methoxy groups -OCH3 is 1. The van der Waals surface area contributed by atoms with Gasteiger partial charge in [0.2, 0.25) is 0 Å². The number of piperazine rings is 1. The van der Waals surface area contributed by atoms with Gasteiger partial charge in [-0.1, -0.05) is 12.1 Å². The van der Waals surface area contributed by atoms with Crippen LogP contribution in [0.25, 0.3) is 0 Å². The molecule has 0 N–H and O–H groups in total. The maximum Gasteiger partial charge on any atom is 0.253 e. The Hall–Kier alpha value is -2.40. The molecular formula is C19H21FN2O2. The Balaban J connectivity index is 1.59. The van der Waals surface area contributed by atoms with Crippen LogP contribution in [-0.4, -0.2) is 44.1 Å². The summed E-state index contributed by atoms with van der Waals surface area (Å²) < 4.78 is 18.1. The minimum atomic E-state index is -0.232. The molecule has 0 saturated carbocycles. The third-order valence-electron chi connectivity index (χ3n) is 4.27. The Labute approximate surface area is 141 Å². The molecule has 0 atom stereocenters. The van der Waals surface area contributed by atoms with E-state index < -0.39 is 0 Å². The molecule has 1 fully saturated rings. The predicted molar refractivity (Wildman–Crippen MR) is 91.7 cm³/mol. The van der Waals surface area contributed by atoms with Crippen LogP contribution in [0.15, 0.2) is 48.5 Å². The molecule has 0 aliphatic carbocycles. The van der Waals surface area contributed by atoms with Crippen molar-refractivity contribution in [3.63, 3.8) is 0 Å². The molecule has 0 aromatic heterocycles. The van der Waals surface area contributed by atoms with E-state index in [-0.39, 0.29) is 11.7 Å². The highest BCUT2D eigenvalue weighted by molar-refractivity contribution is 5.94. The number of hydrogen-bond acceptors (Lipinski definition) is 3. The molecule has 0 spiro atoms. The third-order valence-corrected chi connectivity index (χ3v) is 4.27. The number of benzene rings is 2. The summed E-state index contributed by atoms with van der Waals surface area (Å²) in [7, 11) is 1.65. The van der Waals surface area contributed by atoms with Crippen molar-refractivity contribution in [1.82, 2.24) is 4.90 Å². The second-order valence-electron chi connectivity index (χ2n) is 5.89. The first kappa shape index (κ1) is 16.5. The molecule has 3 rings (SSSR count). The van der Waals surface area contributed by atoms with Crippen molar-refractivity contribution in [3.05, 3.63) is 65.5 Å². The highest BCUT2D eigenvalue weighted by atomic mass is 19.1. The van der Waals surface area contributed by atoms with Gasteiger partial charge in [0.15, 0.2) is 0 Å². The average molecular weight is 328 g/mol. The smallest absolute Gasteiger partial charge is 0.253 e. The van der Waals surface area contributed by atoms with Gasteiger partial charge >= 0.3 is 0 Å². The van der Waals surface area contributed by atoms with Gasteiger partial charge in [0.1, 0.15) is 5.82 Å². The number of carbonyl (C=O) groups is 1. The topological polar surface area (TPSA) is 32.8 Å². The zero-order valence-electron chi connectivity index (χ0n) is 13.7. The van der Waals surface area contributed by atoms with Gasteiger partial charge in [-0.3, -0.25) is 4.79 Å². The summed E-state index contributed by atoms with van der Waals surface area (Å²) in [4.78, 5) is 16.6. The van der Waals surface area contributed by atoms with Crippen molar-refractivity contribution in [3.8, 4) is 0 Å². The number of nitrogens with zero attached hydrogens (tertiary/aromatic N) is 2. The van der Waals surface area contributed by atoms with Crippen LogP contribution in [-0.2, 0) is 11.3 Å². The van der Waals surface area contributed by atoms with E-state index in [4.69, 9.17) is 4.74 Å². The monoisotopic (exact) mass is 328 g/mol. The van der Waals surface area contributed by atoms with Crippen molar-refractivity contribution in [2.45, 2.75) is 6.61 Å². The predicted octanol–water partition coefficient (Wildman–Crippen LogP) is 2.93. The number of carbonyl (C=O) groups excluding carboxylic acids is 1. The molecule has 4 nitrogen and oxygen atoms in total. The molecule has 2 aromatic carbocycles. The zero-order chi connectivity index (χ0) is 16.9. The number of rotatable bonds is 4. The molecule has 1 saturated heterocycles. The fraction of sp³-hybridized carbons (Fsp3) is 0.316. The zero-order valence-corrected chi connectivity index (χ0v) is 13.7. The Morgan fingerprint density at radius 2 is 1.62 bits per heavy atom. The van der Waals surface area contributed by atoms with E-state index in [1.807, 2.05) is 29.2 Å². The lowest BCUT2D eigenvalue weighted by atomic mass is 10.1. The van der Waals surface area contributed by atoms with Gasteiger partial charge in [-0.15, -0.1) is 0 Å². The summed E-state index contributed by atoms with van der Waals surface area (Å²) in [5, 5.41) is 0. The number of ether oxygens (including phenoxy) is 1. The second-order valence-corrected chi connectivity index (χ2v) is 5.89. The van der Waals surface area contributed by atoms with Crippen LogP contribution >= 0.6 is 0 Å². The van der Waals surface area contributed by atoms with Gasteiger partial charge in [0.25, 0.3) is 5.91 Å².